The van der Waals surface area contributed by atoms with Gasteiger partial charge >= 0.3 is 0 Å². The number of carbonyl (C=O) groups is 2. The van der Waals surface area contributed by atoms with E-state index in [1.54, 1.807) is 13.0 Å². The lowest BCUT2D eigenvalue weighted by Crippen LogP contribution is -2.52. The number of anilines is 1. The highest BCUT2D eigenvalue weighted by atomic mass is 32.2. The zero-order valence-corrected chi connectivity index (χ0v) is 17.5. The van der Waals surface area contributed by atoms with Crippen LogP contribution in [0.4, 0.5) is 5.69 Å². The van der Waals surface area contributed by atoms with Crippen molar-refractivity contribution >= 4 is 27.5 Å². The fraction of sp³-hybridized carbons (Fsp3) is 0.579. The Morgan fingerprint density at radius 3 is 2.79 bits per heavy atom. The van der Waals surface area contributed by atoms with Gasteiger partial charge < -0.3 is 15.4 Å². The summed E-state index contributed by atoms with van der Waals surface area (Å²) in [6.45, 7) is 7.60. The number of nitrogens with zero attached hydrogens (tertiary/aromatic N) is 1. The predicted molar refractivity (Wildman–Crippen MR) is 105 cm³/mol. The van der Waals surface area contributed by atoms with Crippen molar-refractivity contribution in [2.24, 2.45) is 0 Å². The van der Waals surface area contributed by atoms with E-state index < -0.39 is 21.6 Å². The molecule has 0 spiro atoms. The summed E-state index contributed by atoms with van der Waals surface area (Å²) < 4.78 is 33.4. The van der Waals surface area contributed by atoms with Crippen molar-refractivity contribution in [1.29, 1.82) is 0 Å². The molecule has 8 nitrogen and oxygen atoms in total. The molecule has 9 heteroatoms. The fourth-order valence-electron chi connectivity index (χ4n) is 3.42. The Kier molecular flexibility index (Phi) is 5.42. The Morgan fingerprint density at radius 2 is 2.11 bits per heavy atom. The molecule has 3 rings (SSSR count). The van der Waals surface area contributed by atoms with E-state index in [9.17, 15) is 18.0 Å². The van der Waals surface area contributed by atoms with Crippen molar-refractivity contribution in [2.75, 3.05) is 18.5 Å². The number of sulfonamides is 1. The average Bonchev–Trinajstić information content (AvgIpc) is 3.11. The number of fused-ring (bicyclic) bond motifs is 1. The van der Waals surface area contributed by atoms with Crippen LogP contribution in [0.2, 0.25) is 0 Å². The molecule has 1 fully saturated rings. The number of rotatable bonds is 5. The van der Waals surface area contributed by atoms with Crippen molar-refractivity contribution in [3.05, 3.63) is 17.7 Å². The summed E-state index contributed by atoms with van der Waals surface area (Å²) >= 11 is 0. The molecule has 1 aromatic carbocycles. The molecule has 154 valence electrons. The normalized spacial score (nSPS) is 20.3. The van der Waals surface area contributed by atoms with Crippen LogP contribution in [0.5, 0.6) is 5.75 Å². The van der Waals surface area contributed by atoms with Crippen molar-refractivity contribution in [3.63, 3.8) is 0 Å². The fourth-order valence-corrected chi connectivity index (χ4v) is 5.30. The smallest absolute Gasteiger partial charge is 0.262 e. The molecule has 1 atom stereocenters. The van der Waals surface area contributed by atoms with Gasteiger partial charge in [0, 0.05) is 18.2 Å². The Labute approximate surface area is 165 Å². The van der Waals surface area contributed by atoms with Gasteiger partial charge in [0.25, 0.3) is 5.91 Å². The molecule has 2 aliphatic rings. The first-order chi connectivity index (χ1) is 13.0. The van der Waals surface area contributed by atoms with Gasteiger partial charge in [0.1, 0.15) is 11.8 Å². The second-order valence-corrected chi connectivity index (χ2v) is 9.81. The van der Waals surface area contributed by atoms with Crippen molar-refractivity contribution in [3.8, 4) is 5.75 Å². The van der Waals surface area contributed by atoms with Gasteiger partial charge in [0.2, 0.25) is 15.9 Å². The van der Waals surface area contributed by atoms with E-state index in [0.717, 1.165) is 6.42 Å². The number of benzene rings is 1. The van der Waals surface area contributed by atoms with Crippen LogP contribution in [0.15, 0.2) is 17.0 Å². The second-order valence-electron chi connectivity index (χ2n) is 7.95. The number of hydrogen-bond acceptors (Lipinski definition) is 5. The Hall–Kier alpha value is -2.13. The molecule has 0 aromatic heterocycles. The molecule has 0 saturated carbocycles. The summed E-state index contributed by atoms with van der Waals surface area (Å²) in [6.07, 6.45) is 1.85. The monoisotopic (exact) mass is 409 g/mol. The van der Waals surface area contributed by atoms with Gasteiger partial charge in [-0.05, 0) is 51.7 Å². The van der Waals surface area contributed by atoms with E-state index in [1.807, 2.05) is 20.8 Å². The molecule has 2 aliphatic heterocycles. The molecule has 2 amide bonds. The van der Waals surface area contributed by atoms with E-state index in [4.69, 9.17) is 4.74 Å². The summed E-state index contributed by atoms with van der Waals surface area (Å²) in [7, 11) is -3.89. The van der Waals surface area contributed by atoms with Gasteiger partial charge in [-0.15, -0.1) is 0 Å². The van der Waals surface area contributed by atoms with Crippen molar-refractivity contribution < 1.29 is 22.7 Å². The van der Waals surface area contributed by atoms with Gasteiger partial charge in [0.05, 0.1) is 10.6 Å². The predicted octanol–water partition coefficient (Wildman–Crippen LogP) is 1.78. The maximum Gasteiger partial charge on any atom is 0.262 e. The van der Waals surface area contributed by atoms with E-state index in [2.05, 4.69) is 10.6 Å². The van der Waals surface area contributed by atoms with Crippen LogP contribution in [0.3, 0.4) is 0 Å². The first-order valence-corrected chi connectivity index (χ1v) is 10.9. The van der Waals surface area contributed by atoms with Gasteiger partial charge in [-0.25, -0.2) is 8.42 Å². The largest absolute Gasteiger partial charge is 0.482 e. The lowest BCUT2D eigenvalue weighted by atomic mass is 10.0. The van der Waals surface area contributed by atoms with Crippen LogP contribution in [0.1, 0.15) is 45.6 Å². The summed E-state index contributed by atoms with van der Waals surface area (Å²) in [5.41, 5.74) is 0.542. The second kappa shape index (κ2) is 7.36. The third-order valence-corrected chi connectivity index (χ3v) is 7.40. The molecular weight excluding hydrogens is 382 g/mol. The molecule has 2 N–H and O–H groups in total. The van der Waals surface area contributed by atoms with Gasteiger partial charge in [-0.1, -0.05) is 6.92 Å². The molecule has 0 unspecified atom stereocenters. The lowest BCUT2D eigenvalue weighted by Gasteiger charge is -2.30. The molecule has 1 saturated heterocycles. The van der Waals surface area contributed by atoms with Crippen LogP contribution in [-0.2, 0) is 19.6 Å². The maximum atomic E-state index is 13.4. The molecule has 0 aliphatic carbocycles. The van der Waals surface area contributed by atoms with Crippen LogP contribution in [0, 0.1) is 6.92 Å². The van der Waals surface area contributed by atoms with E-state index >= 15 is 0 Å². The molecule has 0 bridgehead atoms. The first kappa shape index (κ1) is 20.6. The Balaban J connectivity index is 1.92. The van der Waals surface area contributed by atoms with Crippen LogP contribution in [0.25, 0.3) is 0 Å². The molecule has 1 aromatic rings. The van der Waals surface area contributed by atoms with Gasteiger partial charge in [-0.2, -0.15) is 4.31 Å². The zero-order valence-electron chi connectivity index (χ0n) is 16.7. The minimum atomic E-state index is -3.89. The van der Waals surface area contributed by atoms with E-state index in [0.29, 0.717) is 36.4 Å². The number of nitrogens with one attached hydrogen (secondary N) is 2. The van der Waals surface area contributed by atoms with E-state index in [1.165, 1.54) is 10.4 Å². The van der Waals surface area contributed by atoms with Gasteiger partial charge in [-0.3, -0.25) is 9.59 Å². The highest BCUT2D eigenvalue weighted by molar-refractivity contribution is 7.89. The lowest BCUT2D eigenvalue weighted by molar-refractivity contribution is -0.125. The van der Waals surface area contributed by atoms with Crippen LogP contribution in [-0.4, -0.2) is 49.3 Å². The molecule has 0 radical (unpaired) electrons. The van der Waals surface area contributed by atoms with Gasteiger partial charge in [0.15, 0.2) is 6.61 Å². The SMILES string of the molecule is CCC(C)(C)NC(=O)[C@H]1CCCN1S(=O)(=O)c1cc2c(cc1C)NC(=O)CO2. The average molecular weight is 410 g/mol. The number of carbonyl (C=O) groups excluding carboxylic acids is 2. The maximum absolute atomic E-state index is 13.4. The molecular formula is C19H27N3O5S. The van der Waals surface area contributed by atoms with Crippen molar-refractivity contribution in [2.45, 2.75) is 63.4 Å². The number of aryl methyl sites for hydroxylation is 1. The first-order valence-electron chi connectivity index (χ1n) is 9.46. The molecule has 28 heavy (non-hydrogen) atoms. The third-order valence-electron chi connectivity index (χ3n) is 5.35. The number of amides is 2. The Bertz CT molecular complexity index is 910. The highest BCUT2D eigenvalue weighted by Gasteiger charge is 2.41. The van der Waals surface area contributed by atoms with Crippen LogP contribution < -0.4 is 15.4 Å². The van der Waals surface area contributed by atoms with E-state index in [-0.39, 0.29) is 23.3 Å². The quantitative estimate of drug-likeness (QED) is 0.771. The standard InChI is InChI=1S/C19H27N3O5S/c1-5-19(3,4)21-18(24)14-7-6-8-22(14)28(25,26)16-10-15-13(9-12(16)2)20-17(23)11-27-15/h9-10,14H,5-8,11H2,1-4H3,(H,20,23)(H,21,24)/t14-/m1/s1. The van der Waals surface area contributed by atoms with Crippen LogP contribution >= 0.6 is 0 Å². The summed E-state index contributed by atoms with van der Waals surface area (Å²) in [6, 6.07) is 2.29. The third kappa shape index (κ3) is 3.86. The Morgan fingerprint density at radius 1 is 1.39 bits per heavy atom. The highest BCUT2D eigenvalue weighted by Crippen LogP contribution is 2.36. The zero-order chi connectivity index (χ0) is 20.7. The summed E-state index contributed by atoms with van der Waals surface area (Å²) in [5, 5.41) is 5.63. The molecule has 2 heterocycles. The summed E-state index contributed by atoms with van der Waals surface area (Å²) in [4.78, 5) is 24.3. The number of ether oxygens (including phenoxy) is 1. The minimum absolute atomic E-state index is 0.0943. The number of hydrogen-bond donors (Lipinski definition) is 2. The van der Waals surface area contributed by atoms with Crippen molar-refractivity contribution in [1.82, 2.24) is 9.62 Å². The minimum Gasteiger partial charge on any atom is -0.482 e. The summed E-state index contributed by atoms with van der Waals surface area (Å²) in [5.74, 6) is -0.236. The topological polar surface area (TPSA) is 105 Å².